The first-order chi connectivity index (χ1) is 38.1. The molecule has 2 aromatic heterocycles. The minimum Gasteiger partial charge on any atom is -0.453 e. The third-order valence-electron chi connectivity index (χ3n) is 16.6. The molecule has 4 amide bonds. The van der Waals surface area contributed by atoms with E-state index in [1.54, 1.807) is 57.7 Å². The Balaban J connectivity index is 0.995. The molecule has 6 aromatic rings. The third kappa shape index (κ3) is 10.5. The summed E-state index contributed by atoms with van der Waals surface area (Å²) in [7, 11) is 5.24. The highest BCUT2D eigenvalue weighted by molar-refractivity contribution is 5.88. The summed E-state index contributed by atoms with van der Waals surface area (Å²) in [5, 5.41) is 5.14. The zero-order chi connectivity index (χ0) is 55.8. The van der Waals surface area contributed by atoms with Crippen molar-refractivity contribution in [2.45, 2.75) is 120 Å². The van der Waals surface area contributed by atoms with Crippen molar-refractivity contribution in [1.29, 1.82) is 0 Å². The van der Waals surface area contributed by atoms with Crippen molar-refractivity contribution in [2.24, 2.45) is 0 Å². The van der Waals surface area contributed by atoms with Crippen LogP contribution in [0.15, 0.2) is 66.7 Å². The molecule has 4 saturated heterocycles. The van der Waals surface area contributed by atoms with E-state index < -0.39 is 95.7 Å². The molecule has 79 heavy (non-hydrogen) atoms. The van der Waals surface area contributed by atoms with Crippen molar-refractivity contribution < 1.29 is 55.7 Å². The van der Waals surface area contributed by atoms with Gasteiger partial charge in [0.25, 0.3) is 0 Å². The van der Waals surface area contributed by atoms with E-state index in [4.69, 9.17) is 28.9 Å². The number of hydrogen-bond acceptors (Lipinski definition) is 12. The smallest absolute Gasteiger partial charge is 0.407 e. The number of amides is 4. The summed E-state index contributed by atoms with van der Waals surface area (Å²) < 4.78 is 89.2. The van der Waals surface area contributed by atoms with Crippen LogP contribution < -0.4 is 20.4 Å². The van der Waals surface area contributed by atoms with Crippen molar-refractivity contribution in [1.82, 2.24) is 40.4 Å². The summed E-state index contributed by atoms with van der Waals surface area (Å²) in [5.74, 6) is -2.98. The van der Waals surface area contributed by atoms with Crippen molar-refractivity contribution in [3.63, 3.8) is 0 Å². The van der Waals surface area contributed by atoms with Gasteiger partial charge in [-0.15, -0.1) is 0 Å². The van der Waals surface area contributed by atoms with Gasteiger partial charge in [0, 0.05) is 57.2 Å². The number of anilines is 2. The summed E-state index contributed by atoms with van der Waals surface area (Å²) in [5.41, 5.74) is 2.07. The van der Waals surface area contributed by atoms with Gasteiger partial charge in [-0.05, 0) is 101 Å². The van der Waals surface area contributed by atoms with E-state index in [9.17, 15) is 19.2 Å². The van der Waals surface area contributed by atoms with Crippen LogP contribution in [0.5, 0.6) is 0 Å². The molecule has 8 atom stereocenters. The number of carbonyl (C=O) groups is 4. The normalized spacial score (nSPS) is 21.4. The van der Waals surface area contributed by atoms with Gasteiger partial charge in [-0.3, -0.25) is 9.59 Å². The number of methoxy groups -OCH3 is 4. The second-order valence-electron chi connectivity index (χ2n) is 20.9. The SMILES string of the molecule is COC(=O)N[C@H](C(=O)N1CCC[C@H]1c1nc2c(F)c([C@H]3CC[C@H](c4ccc5[nH]c([C@@H]6CCCN6C(=O)[C@H](NC(=O)OC)[C@@H](C)OC)nc5c4F)N3c3cc(F)c(N4CCC(c5ccccc5)CC4)c(F)c3)ccc2[nH]1)[C@@H](C)OC. The number of nitrogens with zero attached hydrogens (tertiary/aromatic N) is 6. The minimum absolute atomic E-state index is 0.0172. The Hall–Kier alpha value is -7.46. The van der Waals surface area contributed by atoms with Gasteiger partial charge in [0.1, 0.15) is 40.5 Å². The molecule has 0 unspecified atom stereocenters. The maximum absolute atomic E-state index is 17.5. The van der Waals surface area contributed by atoms with Gasteiger partial charge < -0.3 is 59.1 Å². The predicted molar refractivity (Wildman–Crippen MR) is 285 cm³/mol. The number of halogens is 4. The lowest BCUT2D eigenvalue weighted by Crippen LogP contribution is -2.54. The highest BCUT2D eigenvalue weighted by Gasteiger charge is 2.43. The molecular formula is C57H66F4N10O8. The van der Waals surface area contributed by atoms with Gasteiger partial charge in [-0.2, -0.15) is 0 Å². The highest BCUT2D eigenvalue weighted by Crippen LogP contribution is 2.50. The van der Waals surface area contributed by atoms with Crippen LogP contribution in [-0.4, -0.2) is 133 Å². The van der Waals surface area contributed by atoms with Crippen LogP contribution in [0.3, 0.4) is 0 Å². The van der Waals surface area contributed by atoms with Crippen LogP contribution in [0.1, 0.15) is 124 Å². The number of aromatic nitrogens is 4. The Morgan fingerprint density at radius 1 is 0.595 bits per heavy atom. The number of fused-ring (bicyclic) bond motifs is 2. The molecule has 4 aromatic carbocycles. The molecule has 4 aliphatic rings. The van der Waals surface area contributed by atoms with Gasteiger partial charge in [-0.1, -0.05) is 42.5 Å². The molecule has 0 bridgehead atoms. The van der Waals surface area contributed by atoms with Crippen molar-refractivity contribution >= 4 is 57.4 Å². The number of ether oxygens (including phenoxy) is 4. The molecule has 420 valence electrons. The second-order valence-corrected chi connectivity index (χ2v) is 20.9. The molecule has 4 aliphatic heterocycles. The van der Waals surface area contributed by atoms with Crippen LogP contribution in [0, 0.1) is 23.3 Å². The van der Waals surface area contributed by atoms with Crippen LogP contribution in [0.2, 0.25) is 0 Å². The summed E-state index contributed by atoms with van der Waals surface area (Å²) in [6.07, 6.45) is 1.03. The van der Waals surface area contributed by atoms with E-state index in [0.717, 1.165) is 0 Å². The van der Waals surface area contributed by atoms with Gasteiger partial charge in [0.05, 0.1) is 61.6 Å². The van der Waals surface area contributed by atoms with Crippen LogP contribution in [0.4, 0.5) is 38.5 Å². The zero-order valence-electron chi connectivity index (χ0n) is 45.0. The number of carbonyl (C=O) groups excluding carboxylic acids is 4. The number of imidazole rings is 2. The molecule has 22 heteroatoms. The lowest BCUT2D eigenvalue weighted by molar-refractivity contribution is -0.138. The average molecular weight is 1100 g/mol. The zero-order valence-corrected chi connectivity index (χ0v) is 45.0. The number of H-pyrrole nitrogens is 2. The van der Waals surface area contributed by atoms with Crippen molar-refractivity contribution in [3.8, 4) is 0 Å². The molecule has 6 heterocycles. The Bertz CT molecular complexity index is 3050. The molecule has 4 N–H and O–H groups in total. The predicted octanol–water partition coefficient (Wildman–Crippen LogP) is 9.31. The maximum atomic E-state index is 17.5. The molecule has 0 spiro atoms. The number of piperidine rings is 1. The van der Waals surface area contributed by atoms with E-state index in [-0.39, 0.29) is 52.3 Å². The second kappa shape index (κ2) is 23.1. The number of nitrogens with one attached hydrogen (secondary N) is 4. The monoisotopic (exact) mass is 1090 g/mol. The first-order valence-corrected chi connectivity index (χ1v) is 26.9. The van der Waals surface area contributed by atoms with Gasteiger partial charge in [0.15, 0.2) is 23.3 Å². The molecule has 0 aliphatic carbocycles. The summed E-state index contributed by atoms with van der Waals surface area (Å²) in [6.45, 7) is 4.82. The van der Waals surface area contributed by atoms with Gasteiger partial charge >= 0.3 is 12.2 Å². The van der Waals surface area contributed by atoms with E-state index in [1.165, 1.54) is 46.1 Å². The number of likely N-dealkylation sites (tertiary alicyclic amines) is 2. The fourth-order valence-electron chi connectivity index (χ4n) is 12.3. The molecule has 0 saturated carbocycles. The fraction of sp³-hybridized carbons (Fsp3) is 0.474. The highest BCUT2D eigenvalue weighted by atomic mass is 19.1. The first kappa shape index (κ1) is 54.9. The standard InChI is InChI=1S/C57H66F4N10O8/c1-30(76-3)47(66-56(74)78-5)54(72)69-24-10-14-43(69)52-62-39-18-16-35(45(60)49(39)64-52)41-20-21-42(71(41)34-28-37(58)51(38(59)29-34)68-26-22-33(23-27-68)32-12-8-7-9-13-32)36-17-19-40-50(46(36)61)65-53(63-40)44-15-11-25-70(44)55(73)48(31(2)77-4)67-57(75)79-6/h7-9,12-13,16-19,28-31,33,41-44,47-48H,10-11,14-15,20-27H2,1-6H3,(H,62,64)(H,63,65)(H,66,74)(H,67,75)/t30-,31-,41-,42-,43+,44+,47-,48+/m1/s1. The van der Waals surface area contributed by atoms with Crippen molar-refractivity contribution in [3.05, 3.63) is 118 Å². The Morgan fingerprint density at radius 3 is 1.48 bits per heavy atom. The Kier molecular flexibility index (Phi) is 16.0. The molecule has 10 rings (SSSR count). The summed E-state index contributed by atoms with van der Waals surface area (Å²) in [6, 6.07) is 13.9. The number of aromatic amines is 2. The topological polar surface area (TPSA) is 200 Å². The van der Waals surface area contributed by atoms with Gasteiger partial charge in [0.2, 0.25) is 11.8 Å². The minimum atomic E-state index is -1.09. The quantitative estimate of drug-likeness (QED) is 0.0712. The third-order valence-corrected chi connectivity index (χ3v) is 16.6. The summed E-state index contributed by atoms with van der Waals surface area (Å²) >= 11 is 0. The van der Waals surface area contributed by atoms with Crippen LogP contribution in [-0.2, 0) is 28.5 Å². The van der Waals surface area contributed by atoms with E-state index in [2.05, 4.69) is 32.7 Å². The Labute approximate surface area is 454 Å². The number of alkyl carbamates (subject to hydrolysis) is 2. The summed E-state index contributed by atoms with van der Waals surface area (Å²) in [4.78, 5) is 75.2. The number of benzene rings is 4. The first-order valence-electron chi connectivity index (χ1n) is 26.9. The Morgan fingerprint density at radius 2 is 1.05 bits per heavy atom. The lowest BCUT2D eigenvalue weighted by Gasteiger charge is -2.36. The largest absolute Gasteiger partial charge is 0.453 e. The van der Waals surface area contributed by atoms with E-state index in [1.807, 2.05) is 18.2 Å². The lowest BCUT2D eigenvalue weighted by atomic mass is 9.89. The molecular weight excluding hydrogens is 1030 g/mol. The van der Waals surface area contributed by atoms with E-state index >= 15 is 17.6 Å². The molecule has 4 fully saturated rings. The van der Waals surface area contributed by atoms with Crippen molar-refractivity contribution in [2.75, 3.05) is 64.4 Å². The fourth-order valence-corrected chi connectivity index (χ4v) is 12.3. The number of hydrogen-bond donors (Lipinski definition) is 4. The molecule has 18 nitrogen and oxygen atoms in total. The average Bonchev–Trinajstić information content (AvgIpc) is 4.52. The molecule has 0 radical (unpaired) electrons. The van der Waals surface area contributed by atoms with Gasteiger partial charge in [-0.25, -0.2) is 37.1 Å². The van der Waals surface area contributed by atoms with Crippen LogP contribution >= 0.6 is 0 Å². The van der Waals surface area contributed by atoms with E-state index in [0.29, 0.717) is 87.4 Å². The number of rotatable bonds is 15. The van der Waals surface area contributed by atoms with Crippen LogP contribution in [0.25, 0.3) is 22.1 Å². The maximum Gasteiger partial charge on any atom is 0.407 e.